The van der Waals surface area contributed by atoms with Crippen molar-refractivity contribution in [2.75, 3.05) is 20.3 Å². The van der Waals surface area contributed by atoms with Gasteiger partial charge in [0.1, 0.15) is 17.1 Å². The van der Waals surface area contributed by atoms with Crippen LogP contribution >= 0.6 is 0 Å². The lowest BCUT2D eigenvalue weighted by Gasteiger charge is -2.42. The summed E-state index contributed by atoms with van der Waals surface area (Å²) >= 11 is 0. The van der Waals surface area contributed by atoms with Gasteiger partial charge in [-0.25, -0.2) is 10.2 Å². The minimum absolute atomic E-state index is 0.0140. The summed E-state index contributed by atoms with van der Waals surface area (Å²) in [5.41, 5.74) is 8.38. The molecule has 1 fully saturated rings. The summed E-state index contributed by atoms with van der Waals surface area (Å²) in [7, 11) is 1.35. The number of hydrazone groups is 1. The number of nitrogens with one attached hydrogen (secondary N) is 1. The molecular formula is C44H44N4O14. The molecule has 0 saturated carbocycles. The highest BCUT2D eigenvalue weighted by Gasteiger charge is 2.48. The third-order valence-corrected chi connectivity index (χ3v) is 11.6. The van der Waals surface area contributed by atoms with Crippen molar-refractivity contribution < 1.29 is 63.3 Å². The summed E-state index contributed by atoms with van der Waals surface area (Å²) in [6.45, 7) is 2.05. The molecule has 1 unspecified atom stereocenters. The van der Waals surface area contributed by atoms with Gasteiger partial charge in [-0.2, -0.15) is 5.10 Å². The Balaban J connectivity index is 1.03. The largest absolute Gasteiger partial charge is 0.507 e. The third-order valence-electron chi connectivity index (χ3n) is 11.6. The van der Waals surface area contributed by atoms with Gasteiger partial charge >= 0.3 is 5.76 Å². The quantitative estimate of drug-likeness (QED) is 0.0728. The van der Waals surface area contributed by atoms with E-state index in [0.717, 1.165) is 5.56 Å². The van der Waals surface area contributed by atoms with Gasteiger partial charge in [0.05, 0.1) is 60.9 Å². The van der Waals surface area contributed by atoms with Crippen molar-refractivity contribution in [3.8, 4) is 23.0 Å². The molecule has 0 radical (unpaired) electrons. The van der Waals surface area contributed by atoms with Crippen LogP contribution in [-0.4, -0.2) is 104 Å². The number of nitrogens with two attached hydrogens (primary N) is 1. The Labute approximate surface area is 352 Å². The Bertz CT molecular complexity index is 2710. The number of ether oxygens (including phenoxy) is 4. The fraction of sp³-hybridized carbons (Fsp3) is 0.341. The number of rotatable bonds is 11. The van der Waals surface area contributed by atoms with Crippen molar-refractivity contribution in [3.63, 3.8) is 0 Å². The van der Waals surface area contributed by atoms with Crippen LogP contribution in [0.1, 0.15) is 80.0 Å². The van der Waals surface area contributed by atoms with E-state index in [1.165, 1.54) is 42.0 Å². The topological polar surface area (TPSA) is 275 Å². The Kier molecular flexibility index (Phi) is 11.2. The van der Waals surface area contributed by atoms with Gasteiger partial charge < -0.3 is 54.6 Å². The number of hydrogen-bond acceptors (Lipinski definition) is 16. The zero-order chi connectivity index (χ0) is 44.2. The molecule has 2 heterocycles. The van der Waals surface area contributed by atoms with E-state index in [9.17, 15) is 44.7 Å². The molecule has 1 saturated heterocycles. The monoisotopic (exact) mass is 852 g/mol. The highest BCUT2D eigenvalue weighted by molar-refractivity contribution is 6.30. The number of aliphatic hydroxyl groups excluding tert-OH is 2. The Hall–Kier alpha value is -6.41. The smallest absolute Gasteiger partial charge is 0.420 e. The molecule has 5 aromatic rings. The van der Waals surface area contributed by atoms with Gasteiger partial charge in [-0.1, -0.05) is 24.3 Å². The number of methoxy groups -OCH3 is 1. The number of phenols is 2. The first kappa shape index (κ1) is 42.3. The number of nitrogens with zero attached hydrogens (tertiary/aromatic N) is 2. The predicted molar refractivity (Wildman–Crippen MR) is 219 cm³/mol. The van der Waals surface area contributed by atoms with Crippen molar-refractivity contribution in [1.29, 1.82) is 0 Å². The van der Waals surface area contributed by atoms with Crippen LogP contribution in [0.2, 0.25) is 0 Å². The van der Waals surface area contributed by atoms with Gasteiger partial charge in [-0.3, -0.25) is 19.0 Å². The van der Waals surface area contributed by atoms with Crippen molar-refractivity contribution in [2.24, 2.45) is 10.8 Å². The van der Waals surface area contributed by atoms with Gasteiger partial charge in [0, 0.05) is 42.0 Å². The molecule has 18 nitrogen and oxygen atoms in total. The normalized spacial score (nSPS) is 23.4. The molecule has 8 rings (SSSR count). The number of hydrogen-bond donors (Lipinski definition) is 7. The van der Waals surface area contributed by atoms with Gasteiger partial charge in [-0.15, -0.1) is 0 Å². The average Bonchev–Trinajstić information content (AvgIpc) is 3.53. The third kappa shape index (κ3) is 7.61. The number of carbonyl (C=O) groups is 3. The van der Waals surface area contributed by atoms with Crippen LogP contribution in [0.5, 0.6) is 23.0 Å². The van der Waals surface area contributed by atoms with Crippen molar-refractivity contribution in [1.82, 2.24) is 9.99 Å². The fourth-order valence-corrected chi connectivity index (χ4v) is 8.42. The van der Waals surface area contributed by atoms with Crippen LogP contribution in [0.15, 0.2) is 75.0 Å². The lowest BCUT2D eigenvalue weighted by atomic mass is 9.72. The highest BCUT2D eigenvalue weighted by Crippen LogP contribution is 2.49. The highest BCUT2D eigenvalue weighted by atomic mass is 16.7. The molecule has 18 heteroatoms. The van der Waals surface area contributed by atoms with E-state index < -0.39 is 84.9 Å². The van der Waals surface area contributed by atoms with Gasteiger partial charge in [-0.05, 0) is 66.9 Å². The summed E-state index contributed by atoms with van der Waals surface area (Å²) in [4.78, 5) is 53.4. The summed E-state index contributed by atoms with van der Waals surface area (Å²) in [5.74, 6) is -3.43. The molecule has 0 bridgehead atoms. The number of aromatic nitrogens is 1. The lowest BCUT2D eigenvalue weighted by Crippen LogP contribution is -2.53. The van der Waals surface area contributed by atoms with Crippen LogP contribution < -0.4 is 26.4 Å². The second-order valence-corrected chi connectivity index (χ2v) is 15.7. The molecule has 1 aromatic heterocycles. The number of benzene rings is 4. The van der Waals surface area contributed by atoms with E-state index in [1.807, 2.05) is 19.1 Å². The van der Waals surface area contributed by atoms with E-state index in [2.05, 4.69) is 10.5 Å². The molecule has 3 aliphatic rings. The number of ketones is 2. The number of aromatic hydroxyl groups is 2. The first-order chi connectivity index (χ1) is 29.6. The molecule has 0 spiro atoms. The average molecular weight is 853 g/mol. The van der Waals surface area contributed by atoms with Crippen LogP contribution in [0, 0.1) is 6.92 Å². The van der Waals surface area contributed by atoms with Crippen LogP contribution in [-0.2, 0) is 27.2 Å². The van der Waals surface area contributed by atoms with E-state index >= 15 is 0 Å². The van der Waals surface area contributed by atoms with E-state index in [-0.39, 0.29) is 75.7 Å². The van der Waals surface area contributed by atoms with Crippen LogP contribution in [0.4, 0.5) is 0 Å². The molecule has 2 aliphatic carbocycles. The zero-order valence-corrected chi connectivity index (χ0v) is 33.8. The van der Waals surface area contributed by atoms with Crippen molar-refractivity contribution >= 4 is 34.3 Å². The minimum atomic E-state index is -2.08. The summed E-state index contributed by atoms with van der Waals surface area (Å²) in [6, 6.07) is 14.9. The molecule has 4 aromatic carbocycles. The molecular weight excluding hydrogens is 808 g/mol. The van der Waals surface area contributed by atoms with Gasteiger partial charge in [0.2, 0.25) is 5.78 Å². The van der Waals surface area contributed by atoms with Crippen LogP contribution in [0.3, 0.4) is 0 Å². The summed E-state index contributed by atoms with van der Waals surface area (Å²) in [5, 5.41) is 59.8. The van der Waals surface area contributed by atoms with E-state index in [4.69, 9.17) is 29.1 Å². The van der Waals surface area contributed by atoms with E-state index in [1.54, 1.807) is 25.1 Å². The SMILES string of the molecule is COc1cccc2c1C(=O)c1c(cc3c(c1O)[C@H](O[C@@H]1CC(N)[C@@H](O)[C@@H](C)O1)C[C@@](O)(/C(CO)=N/NC(=O)COc1ccc(Cn4c(=O)oc5ccc(C)cc54)cc1O)C3)C2=O. The maximum atomic E-state index is 14.0. The lowest BCUT2D eigenvalue weighted by molar-refractivity contribution is -0.245. The first-order valence-corrected chi connectivity index (χ1v) is 19.7. The molecule has 6 atom stereocenters. The minimum Gasteiger partial charge on any atom is -0.507 e. The number of aliphatic hydroxyl groups is 3. The number of carbonyl (C=O) groups excluding carboxylic acids is 3. The van der Waals surface area contributed by atoms with E-state index in [0.29, 0.717) is 16.7 Å². The second kappa shape index (κ2) is 16.5. The zero-order valence-electron chi connectivity index (χ0n) is 33.8. The number of fused-ring (bicyclic) bond motifs is 4. The Morgan fingerprint density at radius 3 is 2.55 bits per heavy atom. The van der Waals surface area contributed by atoms with Crippen molar-refractivity contribution in [2.45, 2.75) is 75.9 Å². The predicted octanol–water partition coefficient (Wildman–Crippen LogP) is 2.25. The number of phenolic OH excluding ortho intramolecular Hbond substituents is 2. The van der Waals surface area contributed by atoms with Crippen LogP contribution in [0.25, 0.3) is 11.1 Å². The number of amides is 1. The van der Waals surface area contributed by atoms with Gasteiger partial charge in [0.15, 0.2) is 35.8 Å². The Morgan fingerprint density at radius 2 is 1.82 bits per heavy atom. The number of aryl methyl sites for hydroxylation is 1. The van der Waals surface area contributed by atoms with Crippen molar-refractivity contribution in [3.05, 3.63) is 116 Å². The maximum Gasteiger partial charge on any atom is 0.420 e. The fourth-order valence-electron chi connectivity index (χ4n) is 8.42. The summed E-state index contributed by atoms with van der Waals surface area (Å²) in [6.07, 6.45) is -4.83. The molecule has 62 heavy (non-hydrogen) atoms. The van der Waals surface area contributed by atoms with Gasteiger partial charge in [0.25, 0.3) is 5.91 Å². The molecule has 1 aliphatic heterocycles. The second-order valence-electron chi connectivity index (χ2n) is 15.7. The number of oxazole rings is 1. The standard InChI is InChI=1S/C44H44N4O14/c1-20-7-9-29-27(11-20)48(43(56)62-29)17-22-8-10-30(28(50)12-22)59-19-34(51)47-46-33(18-49)44(57)15-23-13-25-38(42(55)37-24(40(25)53)5-4-6-31(37)58-3)41(54)36(23)32(16-44)61-35-14-26(45)39(52)21(2)60-35/h4-13,21,26,32,35,39,49-50,52,54,57H,14-19,45H2,1-3H3,(H,47,51)/b46-33+/t21-,26?,32-,35-,39+,44-/m1/s1. The Morgan fingerprint density at radius 1 is 1.03 bits per heavy atom. The summed E-state index contributed by atoms with van der Waals surface area (Å²) < 4.78 is 29.9. The first-order valence-electron chi connectivity index (χ1n) is 19.7. The molecule has 8 N–H and O–H groups in total. The molecule has 324 valence electrons. The molecule has 1 amide bonds. The maximum absolute atomic E-state index is 14.0.